The van der Waals surface area contributed by atoms with Gasteiger partial charge in [0.05, 0.1) is 9.52 Å². The minimum absolute atomic E-state index is 0.106. The lowest BCUT2D eigenvalue weighted by molar-refractivity contribution is -0.117. The van der Waals surface area contributed by atoms with Gasteiger partial charge in [-0.2, -0.15) is 0 Å². The molecule has 0 aliphatic heterocycles. The minimum Gasteiger partial charge on any atom is -0.370 e. The van der Waals surface area contributed by atoms with Crippen LogP contribution < -0.4 is 5.73 Å². The first kappa shape index (κ1) is 9.43. The Morgan fingerprint density at radius 1 is 1.60 bits per heavy atom. The predicted octanol–water partition coefficient (Wildman–Crippen LogP) is 0.373. The van der Waals surface area contributed by atoms with Crippen LogP contribution in [0.1, 0.15) is 20.8 Å². The molecule has 0 aromatic carbocycles. The van der Waals surface area contributed by atoms with Crippen LogP contribution in [0.5, 0.6) is 0 Å². The predicted molar refractivity (Wildman–Crippen MR) is 46.6 cm³/mol. The summed E-state index contributed by atoms with van der Waals surface area (Å²) in [6.07, 6.45) is 0. The van der Waals surface area contributed by atoms with Crippen molar-refractivity contribution < 1.29 is 4.79 Å². The number of hydrogen-bond acceptors (Lipinski definition) is 1. The highest BCUT2D eigenvalue weighted by Crippen LogP contribution is 2.00. The van der Waals surface area contributed by atoms with Gasteiger partial charge in [0, 0.05) is 5.54 Å². The van der Waals surface area contributed by atoms with E-state index in [0.29, 0.717) is 0 Å². The van der Waals surface area contributed by atoms with Gasteiger partial charge in [0.15, 0.2) is 0 Å². The van der Waals surface area contributed by atoms with Crippen molar-refractivity contribution in [3.05, 3.63) is 11.3 Å². The zero-order valence-corrected chi connectivity index (χ0v) is 8.26. The maximum atomic E-state index is 10.5. The Morgan fingerprint density at radius 2 is 2.10 bits per heavy atom. The number of carbonyl (C=O) groups is 1. The number of rotatable bonds is 3. The topological polar surface area (TPSA) is 43.1 Å². The maximum absolute atomic E-state index is 10.5. The average Bonchev–Trinajstić information content (AvgIpc) is 1.82. The number of amides is 1. The first-order chi connectivity index (χ1) is 4.54. The molecule has 0 heterocycles. The lowest BCUT2D eigenvalue weighted by Crippen LogP contribution is -2.19. The summed E-state index contributed by atoms with van der Waals surface area (Å²) >= 11 is 0. The second-order valence-corrected chi connectivity index (χ2v) is 4.92. The van der Waals surface area contributed by atoms with Crippen molar-refractivity contribution in [3.8, 4) is 0 Å². The molecule has 0 saturated heterocycles. The molecule has 0 saturated carbocycles. The van der Waals surface area contributed by atoms with Crippen molar-refractivity contribution in [2.24, 2.45) is 5.73 Å². The number of primary amides is 1. The molecule has 0 bridgehead atoms. The number of nitrogens with two attached hydrogens (primary N) is 1. The van der Waals surface area contributed by atoms with Crippen LogP contribution in [0.4, 0.5) is 0 Å². The van der Waals surface area contributed by atoms with Gasteiger partial charge in [-0.1, -0.05) is 12.5 Å². The summed E-state index contributed by atoms with van der Waals surface area (Å²) in [5.41, 5.74) is 8.65. The highest BCUT2D eigenvalue weighted by atomic mass is 28.2. The van der Waals surface area contributed by atoms with E-state index in [1.807, 2.05) is 20.8 Å². The smallest absolute Gasteiger partial charge is 0.217 e. The van der Waals surface area contributed by atoms with Crippen molar-refractivity contribution in [2.75, 3.05) is 0 Å². The van der Waals surface area contributed by atoms with Crippen LogP contribution in [0.15, 0.2) is 11.3 Å². The summed E-state index contributed by atoms with van der Waals surface area (Å²) in [6.45, 7) is 5.98. The minimum atomic E-state index is -0.396. The molecule has 58 valence electrons. The van der Waals surface area contributed by atoms with Crippen LogP contribution in [0.25, 0.3) is 0 Å². The Balaban J connectivity index is 3.70. The molecule has 2 N–H and O–H groups in total. The largest absolute Gasteiger partial charge is 0.370 e. The summed E-state index contributed by atoms with van der Waals surface area (Å²) in [4.78, 5) is 10.5. The number of carbonyl (C=O) groups excluding carboxylic acids is 1. The molecule has 1 amide bonds. The summed E-state index contributed by atoms with van der Waals surface area (Å²) < 4.78 is 0. The maximum Gasteiger partial charge on any atom is 0.217 e. The third-order valence-corrected chi connectivity index (χ3v) is 3.53. The molecule has 3 heteroatoms. The zero-order valence-electron chi connectivity index (χ0n) is 6.85. The van der Waals surface area contributed by atoms with Crippen LogP contribution in [0.2, 0.25) is 5.54 Å². The van der Waals surface area contributed by atoms with E-state index in [-0.39, 0.29) is 11.4 Å². The van der Waals surface area contributed by atoms with E-state index in [0.717, 1.165) is 0 Å². The van der Waals surface area contributed by atoms with Crippen LogP contribution in [-0.4, -0.2) is 15.4 Å². The van der Waals surface area contributed by atoms with Gasteiger partial charge in [-0.3, -0.25) is 4.79 Å². The Kier molecular flexibility index (Phi) is 4.03. The van der Waals surface area contributed by atoms with Crippen molar-refractivity contribution in [1.82, 2.24) is 0 Å². The van der Waals surface area contributed by atoms with Crippen LogP contribution in [0.3, 0.4) is 0 Å². The Bertz CT molecular complexity index is 150. The summed E-state index contributed by atoms with van der Waals surface area (Å²) in [5, 5.41) is 0. The van der Waals surface area contributed by atoms with E-state index in [1.165, 1.54) is 5.57 Å². The second-order valence-electron chi connectivity index (χ2n) is 2.82. The van der Waals surface area contributed by atoms with Crippen molar-refractivity contribution in [1.29, 1.82) is 0 Å². The second kappa shape index (κ2) is 4.28. The Morgan fingerprint density at radius 3 is 2.40 bits per heavy atom. The van der Waals surface area contributed by atoms with Gasteiger partial charge in [0.2, 0.25) is 5.91 Å². The quantitative estimate of drug-likeness (QED) is 0.591. The van der Waals surface area contributed by atoms with Crippen LogP contribution in [0, 0.1) is 0 Å². The lowest BCUT2D eigenvalue weighted by Gasteiger charge is -2.00. The SMILES string of the molecule is CC(C)=C[SiH2]C(C)C(N)=O. The van der Waals surface area contributed by atoms with Gasteiger partial charge in [-0.05, 0) is 13.8 Å². The first-order valence-electron chi connectivity index (χ1n) is 3.46. The molecule has 0 aromatic heterocycles. The fourth-order valence-corrected chi connectivity index (χ4v) is 1.59. The molecule has 1 atom stereocenters. The molecule has 0 aliphatic rings. The van der Waals surface area contributed by atoms with E-state index in [1.54, 1.807) is 0 Å². The normalized spacial score (nSPS) is 13.5. The van der Waals surface area contributed by atoms with Gasteiger partial charge >= 0.3 is 0 Å². The standard InChI is InChI=1S/C7H15NOSi/c1-5(2)4-10-6(3)7(8)9/h4,6H,10H2,1-3H3,(H2,8,9). The molecule has 1 unspecified atom stereocenters. The third-order valence-electron chi connectivity index (χ3n) is 1.37. The van der Waals surface area contributed by atoms with Gasteiger partial charge < -0.3 is 5.73 Å². The van der Waals surface area contributed by atoms with E-state index >= 15 is 0 Å². The van der Waals surface area contributed by atoms with Gasteiger partial charge in [0.1, 0.15) is 0 Å². The first-order valence-corrected chi connectivity index (χ1v) is 5.10. The third kappa shape index (κ3) is 4.32. The zero-order chi connectivity index (χ0) is 8.15. The summed E-state index contributed by atoms with van der Waals surface area (Å²) in [5.74, 6) is -0.163. The molecule has 0 radical (unpaired) electrons. The van der Waals surface area contributed by atoms with E-state index in [2.05, 4.69) is 5.70 Å². The molecule has 0 fully saturated rings. The van der Waals surface area contributed by atoms with Gasteiger partial charge in [-0.25, -0.2) is 0 Å². The van der Waals surface area contributed by atoms with E-state index in [4.69, 9.17) is 5.73 Å². The van der Waals surface area contributed by atoms with Crippen molar-refractivity contribution in [2.45, 2.75) is 26.3 Å². The fourth-order valence-electron chi connectivity index (χ4n) is 0.529. The van der Waals surface area contributed by atoms with E-state index < -0.39 is 9.52 Å². The van der Waals surface area contributed by atoms with Crippen LogP contribution in [-0.2, 0) is 4.79 Å². The Labute approximate surface area is 64.3 Å². The fraction of sp³-hybridized carbons (Fsp3) is 0.571. The molecule has 0 rings (SSSR count). The lowest BCUT2D eigenvalue weighted by atomic mass is 10.4. The molecule has 0 spiro atoms. The van der Waals surface area contributed by atoms with Crippen molar-refractivity contribution >= 4 is 15.4 Å². The van der Waals surface area contributed by atoms with Crippen LogP contribution >= 0.6 is 0 Å². The average molecular weight is 157 g/mol. The highest BCUT2D eigenvalue weighted by Gasteiger charge is 2.05. The van der Waals surface area contributed by atoms with Gasteiger partial charge in [0.25, 0.3) is 0 Å². The monoisotopic (exact) mass is 157 g/mol. The molecular weight excluding hydrogens is 142 g/mol. The van der Waals surface area contributed by atoms with E-state index in [9.17, 15) is 4.79 Å². The highest BCUT2D eigenvalue weighted by molar-refractivity contribution is 6.49. The molecule has 0 aromatic rings. The summed E-state index contributed by atoms with van der Waals surface area (Å²) in [7, 11) is -0.396. The number of allylic oxidation sites excluding steroid dienone is 1. The molecule has 2 nitrogen and oxygen atoms in total. The Hall–Kier alpha value is -0.573. The van der Waals surface area contributed by atoms with Gasteiger partial charge in [-0.15, -0.1) is 5.70 Å². The molecule has 10 heavy (non-hydrogen) atoms. The van der Waals surface area contributed by atoms with Crippen molar-refractivity contribution in [3.63, 3.8) is 0 Å². The number of hydrogen-bond donors (Lipinski definition) is 1. The molecule has 0 aliphatic carbocycles. The summed E-state index contributed by atoms with van der Waals surface area (Å²) in [6, 6.07) is 0. The molecular formula is C7H15NOSi.